The normalized spacial score (nSPS) is 11.2. The molecule has 0 saturated carbocycles. The number of ether oxygens (including phenoxy) is 1. The van der Waals surface area contributed by atoms with Crippen molar-refractivity contribution in [3.8, 4) is 11.4 Å². The average Bonchev–Trinajstić information content (AvgIpc) is 3.28. The van der Waals surface area contributed by atoms with E-state index in [4.69, 9.17) is 9.84 Å². The number of halogens is 2. The molecule has 4 aromatic rings. The predicted octanol–water partition coefficient (Wildman–Crippen LogP) is 6.15. The molecular formula is C29H29F2N3O3. The summed E-state index contributed by atoms with van der Waals surface area (Å²) in [5.41, 5.74) is 4.46. The Morgan fingerprint density at radius 3 is 2.46 bits per heavy atom. The third-order valence-corrected chi connectivity index (χ3v) is 6.18. The molecule has 0 aliphatic carbocycles. The van der Waals surface area contributed by atoms with Crippen LogP contribution in [0.15, 0.2) is 66.9 Å². The molecule has 0 fully saturated rings. The average molecular weight is 506 g/mol. The Hall–Kier alpha value is -4.04. The van der Waals surface area contributed by atoms with Crippen LogP contribution in [-0.4, -0.2) is 20.9 Å². The van der Waals surface area contributed by atoms with E-state index in [2.05, 4.69) is 10.4 Å². The summed E-state index contributed by atoms with van der Waals surface area (Å²) in [5, 5.41) is 16.7. The van der Waals surface area contributed by atoms with Crippen molar-refractivity contribution < 1.29 is 23.4 Å². The van der Waals surface area contributed by atoms with Gasteiger partial charge in [0, 0.05) is 13.1 Å². The molecule has 0 atom stereocenters. The number of carboxylic acid groups (broad SMARTS) is 1. The standard InChI is InChI=1S/C29H29F2N3O3/c1-18(2)24-16-33-34(28-25(30)8-5-9-26(28)31)27(24)17-37-23-11-10-22(19(3)12-23)15-32-14-20-6-4-7-21(13-20)29(35)36/h4-13,16,18,32H,14-15,17H2,1-3H3,(H,35,36). The maximum atomic E-state index is 14.5. The van der Waals surface area contributed by atoms with E-state index in [0.29, 0.717) is 24.5 Å². The first kappa shape index (κ1) is 26.0. The van der Waals surface area contributed by atoms with Gasteiger partial charge in [-0.05, 0) is 71.5 Å². The molecule has 2 N–H and O–H groups in total. The molecule has 0 radical (unpaired) electrons. The van der Waals surface area contributed by atoms with Crippen molar-refractivity contribution in [1.82, 2.24) is 15.1 Å². The lowest BCUT2D eigenvalue weighted by atomic mass is 10.0. The molecule has 0 aliphatic heterocycles. The van der Waals surface area contributed by atoms with E-state index >= 15 is 0 Å². The number of aryl methyl sites for hydroxylation is 1. The molecule has 8 heteroatoms. The van der Waals surface area contributed by atoms with Crippen LogP contribution in [0, 0.1) is 18.6 Å². The first-order valence-electron chi connectivity index (χ1n) is 12.0. The van der Waals surface area contributed by atoms with Gasteiger partial charge in [-0.25, -0.2) is 18.3 Å². The second-order valence-electron chi connectivity index (χ2n) is 9.17. The van der Waals surface area contributed by atoms with E-state index < -0.39 is 17.6 Å². The molecule has 6 nitrogen and oxygen atoms in total. The number of aromatic carboxylic acids is 1. The van der Waals surface area contributed by atoms with Gasteiger partial charge >= 0.3 is 5.97 Å². The van der Waals surface area contributed by atoms with Crippen LogP contribution >= 0.6 is 0 Å². The van der Waals surface area contributed by atoms with Gasteiger partial charge < -0.3 is 15.2 Å². The Balaban J connectivity index is 1.45. The van der Waals surface area contributed by atoms with E-state index in [1.54, 1.807) is 24.4 Å². The van der Waals surface area contributed by atoms with E-state index in [1.807, 2.05) is 45.0 Å². The summed E-state index contributed by atoms with van der Waals surface area (Å²) in [6, 6.07) is 16.3. The molecule has 0 bridgehead atoms. The van der Waals surface area contributed by atoms with Crippen LogP contribution in [0.25, 0.3) is 5.69 Å². The van der Waals surface area contributed by atoms with Crippen molar-refractivity contribution in [1.29, 1.82) is 0 Å². The molecule has 3 aromatic carbocycles. The number of hydrogen-bond donors (Lipinski definition) is 2. The highest BCUT2D eigenvalue weighted by atomic mass is 19.1. The van der Waals surface area contributed by atoms with Gasteiger partial charge in [0.25, 0.3) is 0 Å². The van der Waals surface area contributed by atoms with Crippen LogP contribution in [0.2, 0.25) is 0 Å². The number of carbonyl (C=O) groups is 1. The van der Waals surface area contributed by atoms with Crippen molar-refractivity contribution >= 4 is 5.97 Å². The molecule has 192 valence electrons. The Kier molecular flexibility index (Phi) is 7.98. The van der Waals surface area contributed by atoms with Crippen molar-refractivity contribution in [2.24, 2.45) is 0 Å². The second-order valence-corrected chi connectivity index (χ2v) is 9.17. The number of carboxylic acids is 1. The zero-order chi connectivity index (χ0) is 26.5. The third kappa shape index (κ3) is 6.03. The van der Waals surface area contributed by atoms with Crippen molar-refractivity contribution in [3.63, 3.8) is 0 Å². The van der Waals surface area contributed by atoms with Crippen molar-refractivity contribution in [3.05, 3.63) is 112 Å². The van der Waals surface area contributed by atoms with Gasteiger partial charge in [-0.15, -0.1) is 0 Å². The molecule has 0 amide bonds. The lowest BCUT2D eigenvalue weighted by molar-refractivity contribution is 0.0696. The highest BCUT2D eigenvalue weighted by Gasteiger charge is 2.20. The highest BCUT2D eigenvalue weighted by molar-refractivity contribution is 5.87. The molecule has 0 saturated heterocycles. The summed E-state index contributed by atoms with van der Waals surface area (Å²) < 4.78 is 36.3. The highest BCUT2D eigenvalue weighted by Crippen LogP contribution is 2.27. The van der Waals surface area contributed by atoms with Crippen molar-refractivity contribution in [2.45, 2.75) is 46.4 Å². The zero-order valence-corrected chi connectivity index (χ0v) is 21.0. The Bertz CT molecular complexity index is 1400. The van der Waals surface area contributed by atoms with Crippen LogP contribution < -0.4 is 10.1 Å². The predicted molar refractivity (Wildman–Crippen MR) is 137 cm³/mol. The number of aromatic nitrogens is 2. The van der Waals surface area contributed by atoms with Gasteiger partial charge in [0.1, 0.15) is 18.0 Å². The van der Waals surface area contributed by atoms with Gasteiger partial charge in [0.2, 0.25) is 0 Å². The van der Waals surface area contributed by atoms with E-state index in [0.717, 1.165) is 22.3 Å². The third-order valence-electron chi connectivity index (χ3n) is 6.18. The van der Waals surface area contributed by atoms with Crippen molar-refractivity contribution in [2.75, 3.05) is 0 Å². The van der Waals surface area contributed by atoms with Crippen LogP contribution in [0.4, 0.5) is 8.78 Å². The first-order chi connectivity index (χ1) is 17.7. The van der Waals surface area contributed by atoms with Crippen LogP contribution in [-0.2, 0) is 19.7 Å². The summed E-state index contributed by atoms with van der Waals surface area (Å²) in [5.74, 6) is -1.61. The summed E-state index contributed by atoms with van der Waals surface area (Å²) in [7, 11) is 0. The lowest BCUT2D eigenvalue weighted by Crippen LogP contribution is -2.14. The van der Waals surface area contributed by atoms with Gasteiger partial charge in [0.05, 0.1) is 17.5 Å². The molecule has 4 rings (SSSR count). The Labute approximate surface area is 214 Å². The maximum absolute atomic E-state index is 14.5. The van der Waals surface area contributed by atoms with Gasteiger partial charge in [0.15, 0.2) is 11.6 Å². The number of nitrogens with one attached hydrogen (secondary N) is 1. The van der Waals surface area contributed by atoms with Crippen LogP contribution in [0.3, 0.4) is 0 Å². The quantitative estimate of drug-likeness (QED) is 0.270. The van der Waals surface area contributed by atoms with Gasteiger partial charge in [-0.3, -0.25) is 0 Å². The number of rotatable bonds is 10. The molecule has 37 heavy (non-hydrogen) atoms. The van der Waals surface area contributed by atoms with Crippen LogP contribution in [0.1, 0.15) is 58.1 Å². The zero-order valence-electron chi connectivity index (χ0n) is 21.0. The second kappa shape index (κ2) is 11.3. The fraction of sp³-hybridized carbons (Fsp3) is 0.241. The van der Waals surface area contributed by atoms with E-state index in [9.17, 15) is 13.6 Å². The smallest absolute Gasteiger partial charge is 0.335 e. The SMILES string of the molecule is Cc1cc(OCc2c(C(C)C)cnn2-c2c(F)cccc2F)ccc1CNCc1cccc(C(=O)O)c1. The first-order valence-corrected chi connectivity index (χ1v) is 12.0. The minimum Gasteiger partial charge on any atom is -0.487 e. The summed E-state index contributed by atoms with van der Waals surface area (Å²) >= 11 is 0. The minimum atomic E-state index is -0.948. The summed E-state index contributed by atoms with van der Waals surface area (Å²) in [4.78, 5) is 11.2. The number of hydrogen-bond acceptors (Lipinski definition) is 4. The topological polar surface area (TPSA) is 76.4 Å². The molecular weight excluding hydrogens is 476 g/mol. The number of para-hydroxylation sites is 1. The minimum absolute atomic E-state index is 0.0913. The molecule has 0 unspecified atom stereocenters. The number of nitrogens with zero attached hydrogens (tertiary/aromatic N) is 2. The van der Waals surface area contributed by atoms with Gasteiger partial charge in [-0.2, -0.15) is 5.10 Å². The number of benzene rings is 3. The largest absolute Gasteiger partial charge is 0.487 e. The Morgan fingerprint density at radius 2 is 1.78 bits per heavy atom. The molecule has 0 aliphatic rings. The summed E-state index contributed by atoms with van der Waals surface area (Å²) in [6.45, 7) is 7.19. The van der Waals surface area contributed by atoms with E-state index in [1.165, 1.54) is 22.9 Å². The molecule has 1 aromatic heterocycles. The maximum Gasteiger partial charge on any atom is 0.335 e. The fourth-order valence-electron chi connectivity index (χ4n) is 4.16. The van der Waals surface area contributed by atoms with Crippen LogP contribution in [0.5, 0.6) is 5.75 Å². The van der Waals surface area contributed by atoms with E-state index in [-0.39, 0.29) is 23.8 Å². The Morgan fingerprint density at radius 1 is 1.05 bits per heavy atom. The van der Waals surface area contributed by atoms with Gasteiger partial charge in [-0.1, -0.05) is 38.1 Å². The summed E-state index contributed by atoms with van der Waals surface area (Å²) in [6.07, 6.45) is 1.63. The molecule has 1 heterocycles. The molecule has 0 spiro atoms. The lowest BCUT2D eigenvalue weighted by Gasteiger charge is -2.15. The fourth-order valence-corrected chi connectivity index (χ4v) is 4.16. The monoisotopic (exact) mass is 505 g/mol.